The summed E-state index contributed by atoms with van der Waals surface area (Å²) in [6.45, 7) is 6.18. The summed E-state index contributed by atoms with van der Waals surface area (Å²) in [6.07, 6.45) is 1.20. The summed E-state index contributed by atoms with van der Waals surface area (Å²) in [4.78, 5) is 0. The number of quaternary nitrogens is 1. The predicted octanol–water partition coefficient (Wildman–Crippen LogP) is 1.44. The minimum Gasteiger partial charge on any atom is -0.497 e. The Kier molecular flexibility index (Phi) is 5.72. The van der Waals surface area contributed by atoms with Gasteiger partial charge in [0.25, 0.3) is 0 Å². The van der Waals surface area contributed by atoms with Gasteiger partial charge in [0.05, 0.1) is 13.2 Å². The van der Waals surface area contributed by atoms with Crippen molar-refractivity contribution in [1.29, 1.82) is 0 Å². The van der Waals surface area contributed by atoms with Crippen molar-refractivity contribution in [2.45, 2.75) is 26.3 Å². The molecule has 0 amide bonds. The van der Waals surface area contributed by atoms with Crippen molar-refractivity contribution < 1.29 is 14.8 Å². The first-order chi connectivity index (χ1) is 7.76. The highest BCUT2D eigenvalue weighted by molar-refractivity contribution is 5.30. The molecule has 0 radical (unpaired) electrons. The van der Waals surface area contributed by atoms with Crippen molar-refractivity contribution >= 4 is 0 Å². The van der Waals surface area contributed by atoms with Crippen LogP contribution in [0.2, 0.25) is 0 Å². The van der Waals surface area contributed by atoms with E-state index in [1.54, 1.807) is 7.11 Å². The Morgan fingerprint density at radius 3 is 2.38 bits per heavy atom. The number of rotatable bonds is 7. The first-order valence-electron chi connectivity index (χ1n) is 5.86. The van der Waals surface area contributed by atoms with E-state index in [1.165, 1.54) is 6.42 Å². The lowest BCUT2D eigenvalue weighted by atomic mass is 10.3. The smallest absolute Gasteiger partial charge is 0.137 e. The molecule has 16 heavy (non-hydrogen) atoms. The van der Waals surface area contributed by atoms with Gasteiger partial charge >= 0.3 is 0 Å². The molecule has 0 unspecified atom stereocenters. The van der Waals surface area contributed by atoms with Crippen LogP contribution in [0.3, 0.4) is 0 Å². The Morgan fingerprint density at radius 1 is 1.19 bits per heavy atom. The molecule has 0 aliphatic heterocycles. The average Bonchev–Trinajstić information content (AvgIpc) is 2.35. The summed E-state index contributed by atoms with van der Waals surface area (Å²) in [5.41, 5.74) is 0. The number of hydrogen-bond donors (Lipinski definition) is 1. The van der Waals surface area contributed by atoms with Gasteiger partial charge in [0.2, 0.25) is 0 Å². The maximum Gasteiger partial charge on any atom is 0.137 e. The Bertz CT molecular complexity index is 284. The molecule has 2 N–H and O–H groups in total. The second-order valence-electron chi connectivity index (χ2n) is 3.93. The van der Waals surface area contributed by atoms with Crippen molar-refractivity contribution in [3.8, 4) is 11.5 Å². The third-order valence-corrected chi connectivity index (χ3v) is 2.66. The van der Waals surface area contributed by atoms with Gasteiger partial charge in [-0.3, -0.25) is 0 Å². The molecule has 0 bridgehead atoms. The number of methoxy groups -OCH3 is 1. The fourth-order valence-electron chi connectivity index (χ4n) is 1.37. The maximum atomic E-state index is 5.61. The van der Waals surface area contributed by atoms with Crippen molar-refractivity contribution in [3.05, 3.63) is 24.3 Å². The zero-order valence-electron chi connectivity index (χ0n) is 10.4. The van der Waals surface area contributed by atoms with Crippen LogP contribution >= 0.6 is 0 Å². The van der Waals surface area contributed by atoms with Gasteiger partial charge in [0.15, 0.2) is 0 Å². The lowest BCUT2D eigenvalue weighted by molar-refractivity contribution is -0.686. The van der Waals surface area contributed by atoms with Crippen LogP contribution in [-0.2, 0) is 0 Å². The van der Waals surface area contributed by atoms with Crippen LogP contribution < -0.4 is 14.8 Å². The van der Waals surface area contributed by atoms with Crippen molar-refractivity contribution in [3.63, 3.8) is 0 Å². The van der Waals surface area contributed by atoms with E-state index < -0.39 is 0 Å². The molecule has 0 fully saturated rings. The van der Waals surface area contributed by atoms with Gasteiger partial charge in [-0.05, 0) is 37.6 Å². The van der Waals surface area contributed by atoms with Crippen molar-refractivity contribution in [1.82, 2.24) is 0 Å². The van der Waals surface area contributed by atoms with Crippen molar-refractivity contribution in [2.24, 2.45) is 0 Å². The first-order valence-corrected chi connectivity index (χ1v) is 5.86. The predicted molar refractivity (Wildman–Crippen MR) is 65.0 cm³/mol. The third kappa shape index (κ3) is 4.53. The lowest BCUT2D eigenvalue weighted by Gasteiger charge is -2.09. The molecule has 1 rings (SSSR count). The normalized spacial score (nSPS) is 12.2. The monoisotopic (exact) mass is 224 g/mol. The van der Waals surface area contributed by atoms with Crippen LogP contribution in [-0.4, -0.2) is 26.3 Å². The topological polar surface area (TPSA) is 35.1 Å². The number of benzene rings is 1. The van der Waals surface area contributed by atoms with Crippen LogP contribution in [0.4, 0.5) is 0 Å². The standard InChI is InChI=1S/C13H21NO2/c1-4-11(2)14-9-10-16-13-7-5-12(15-3)6-8-13/h5-8,11,14H,4,9-10H2,1-3H3/p+1/t11-/m1/s1. The van der Waals surface area contributed by atoms with Gasteiger partial charge in [0, 0.05) is 0 Å². The Hall–Kier alpha value is -1.22. The molecule has 0 spiro atoms. The molecule has 0 saturated heterocycles. The molecule has 3 heteroatoms. The van der Waals surface area contributed by atoms with Crippen LogP contribution in [0.25, 0.3) is 0 Å². The highest BCUT2D eigenvalue weighted by atomic mass is 16.5. The molecule has 1 aromatic rings. The van der Waals surface area contributed by atoms with Crippen LogP contribution in [0.1, 0.15) is 20.3 Å². The van der Waals surface area contributed by atoms with Gasteiger partial charge in [0.1, 0.15) is 24.7 Å². The molecule has 1 aromatic carbocycles. The Balaban J connectivity index is 2.21. The van der Waals surface area contributed by atoms with Gasteiger partial charge in [-0.25, -0.2) is 0 Å². The van der Waals surface area contributed by atoms with Crippen LogP contribution in [0.15, 0.2) is 24.3 Å². The second kappa shape index (κ2) is 7.12. The quantitative estimate of drug-likeness (QED) is 0.711. The summed E-state index contributed by atoms with van der Waals surface area (Å²) in [7, 11) is 1.66. The van der Waals surface area contributed by atoms with Gasteiger partial charge in [-0.1, -0.05) is 6.92 Å². The molecular weight excluding hydrogens is 202 g/mol. The van der Waals surface area contributed by atoms with E-state index in [-0.39, 0.29) is 0 Å². The van der Waals surface area contributed by atoms with Crippen molar-refractivity contribution in [2.75, 3.05) is 20.3 Å². The highest BCUT2D eigenvalue weighted by Gasteiger charge is 2.00. The first kappa shape index (κ1) is 12.8. The van der Waals surface area contributed by atoms with E-state index in [2.05, 4.69) is 19.2 Å². The van der Waals surface area contributed by atoms with E-state index in [0.717, 1.165) is 24.7 Å². The molecule has 0 saturated carbocycles. The molecule has 90 valence electrons. The van der Waals surface area contributed by atoms with E-state index in [1.807, 2.05) is 24.3 Å². The average molecular weight is 224 g/mol. The summed E-state index contributed by atoms with van der Waals surface area (Å²) in [5.74, 6) is 1.76. The largest absolute Gasteiger partial charge is 0.497 e. The summed E-state index contributed by atoms with van der Waals surface area (Å²) in [5, 5.41) is 2.31. The second-order valence-corrected chi connectivity index (χ2v) is 3.93. The van der Waals surface area contributed by atoms with Gasteiger partial charge < -0.3 is 14.8 Å². The summed E-state index contributed by atoms with van der Waals surface area (Å²) >= 11 is 0. The molecule has 3 nitrogen and oxygen atoms in total. The number of ether oxygens (including phenoxy) is 2. The summed E-state index contributed by atoms with van der Waals surface area (Å²) < 4.78 is 10.7. The van der Waals surface area contributed by atoms with E-state index in [9.17, 15) is 0 Å². The SMILES string of the molecule is CC[C@@H](C)[NH2+]CCOc1ccc(OC)cc1. The van der Waals surface area contributed by atoms with Gasteiger partial charge in [-0.15, -0.1) is 0 Å². The minimum atomic E-state index is 0.680. The minimum absolute atomic E-state index is 0.680. The highest BCUT2D eigenvalue weighted by Crippen LogP contribution is 2.16. The van der Waals surface area contributed by atoms with Crippen LogP contribution in [0.5, 0.6) is 11.5 Å². The molecule has 0 aromatic heterocycles. The zero-order valence-corrected chi connectivity index (χ0v) is 10.4. The molecular formula is C13H22NO2+. The Morgan fingerprint density at radius 2 is 1.81 bits per heavy atom. The maximum absolute atomic E-state index is 5.61. The molecule has 0 aliphatic rings. The third-order valence-electron chi connectivity index (χ3n) is 2.66. The fourth-order valence-corrected chi connectivity index (χ4v) is 1.37. The molecule has 0 aliphatic carbocycles. The van der Waals surface area contributed by atoms with Gasteiger partial charge in [-0.2, -0.15) is 0 Å². The number of hydrogen-bond acceptors (Lipinski definition) is 2. The molecule has 0 heterocycles. The lowest BCUT2D eigenvalue weighted by Crippen LogP contribution is -2.90. The fraction of sp³-hybridized carbons (Fsp3) is 0.538. The van der Waals surface area contributed by atoms with E-state index in [4.69, 9.17) is 9.47 Å². The number of nitrogens with two attached hydrogens (primary N) is 1. The Labute approximate surface area is 97.8 Å². The van der Waals surface area contributed by atoms with E-state index in [0.29, 0.717) is 6.04 Å². The molecule has 1 atom stereocenters. The van der Waals surface area contributed by atoms with E-state index >= 15 is 0 Å². The van der Waals surface area contributed by atoms with Crippen LogP contribution in [0, 0.1) is 0 Å². The summed E-state index contributed by atoms with van der Waals surface area (Å²) in [6, 6.07) is 8.37. The zero-order chi connectivity index (χ0) is 11.8.